The third-order valence-corrected chi connectivity index (χ3v) is 8.12. The Morgan fingerprint density at radius 1 is 1.12 bits per heavy atom. The number of fused-ring (bicyclic) bond motifs is 1. The second-order valence-electron chi connectivity index (χ2n) is 10.9. The molecule has 4 aromatic heterocycles. The highest BCUT2D eigenvalue weighted by molar-refractivity contribution is 7.89. The fourth-order valence-electron chi connectivity index (χ4n) is 4.62. The second kappa shape index (κ2) is 10.4. The van der Waals surface area contributed by atoms with Gasteiger partial charge in [0.05, 0.1) is 40.6 Å². The maximum Gasteiger partial charge on any atom is 0.260 e. The van der Waals surface area contributed by atoms with Crippen molar-refractivity contribution in [2.45, 2.75) is 51.2 Å². The first-order valence-electron chi connectivity index (χ1n) is 12.7. The van der Waals surface area contributed by atoms with Crippen LogP contribution >= 0.6 is 11.6 Å². The zero-order valence-electron chi connectivity index (χ0n) is 23.3. The van der Waals surface area contributed by atoms with Crippen molar-refractivity contribution in [1.29, 1.82) is 0 Å². The summed E-state index contributed by atoms with van der Waals surface area (Å²) in [5, 5.41) is 11.4. The molecule has 2 N–H and O–H groups in total. The Balaban J connectivity index is 1.68. The van der Waals surface area contributed by atoms with Crippen molar-refractivity contribution in [2.24, 2.45) is 7.05 Å². The van der Waals surface area contributed by atoms with Crippen molar-refractivity contribution in [1.82, 2.24) is 24.6 Å². The summed E-state index contributed by atoms with van der Waals surface area (Å²) >= 11 is 6.10. The minimum atomic E-state index is -4.03. The molecular formula is C28H29ClN6O5S. The minimum Gasteiger partial charge on any atom is -0.455 e. The third kappa shape index (κ3) is 5.76. The van der Waals surface area contributed by atoms with Gasteiger partial charge in [-0.05, 0) is 58.4 Å². The number of halogens is 1. The summed E-state index contributed by atoms with van der Waals surface area (Å²) in [7, 11) is -2.27. The normalized spacial score (nSPS) is 13.0. The highest BCUT2D eigenvalue weighted by Crippen LogP contribution is 2.36. The lowest BCUT2D eigenvalue weighted by Gasteiger charge is -2.23. The van der Waals surface area contributed by atoms with Gasteiger partial charge in [0.2, 0.25) is 5.43 Å². The zero-order valence-corrected chi connectivity index (χ0v) is 24.9. The van der Waals surface area contributed by atoms with Crippen LogP contribution in [0, 0.1) is 6.92 Å². The number of nitrogens with one attached hydrogen (secondary N) is 2. The maximum atomic E-state index is 14.0. The van der Waals surface area contributed by atoms with Gasteiger partial charge in [-0.25, -0.2) is 18.1 Å². The van der Waals surface area contributed by atoms with Crippen LogP contribution < -0.4 is 15.5 Å². The summed E-state index contributed by atoms with van der Waals surface area (Å²) in [6, 6.07) is 6.19. The Morgan fingerprint density at radius 3 is 2.51 bits per heavy atom. The summed E-state index contributed by atoms with van der Waals surface area (Å²) in [6.45, 7) is 8.92. The molecule has 41 heavy (non-hydrogen) atoms. The Kier molecular flexibility index (Phi) is 7.26. The van der Waals surface area contributed by atoms with E-state index in [9.17, 15) is 13.2 Å². The first-order valence-corrected chi connectivity index (χ1v) is 14.6. The molecule has 1 atom stereocenters. The van der Waals surface area contributed by atoms with Crippen LogP contribution in [-0.4, -0.2) is 33.9 Å². The molecular weight excluding hydrogens is 568 g/mol. The van der Waals surface area contributed by atoms with Gasteiger partial charge in [0.15, 0.2) is 5.03 Å². The molecule has 0 spiro atoms. The van der Waals surface area contributed by atoms with Crippen LogP contribution in [0.5, 0.6) is 0 Å². The lowest BCUT2D eigenvalue weighted by Crippen LogP contribution is -2.41. The first kappa shape index (κ1) is 28.5. The van der Waals surface area contributed by atoms with Crippen LogP contribution in [0.25, 0.3) is 33.4 Å². The number of anilines is 1. The maximum absolute atomic E-state index is 14.0. The van der Waals surface area contributed by atoms with E-state index in [0.717, 1.165) is 5.56 Å². The van der Waals surface area contributed by atoms with Gasteiger partial charge in [0, 0.05) is 29.9 Å². The third-order valence-electron chi connectivity index (χ3n) is 6.21. The number of aromatic nitrogens is 4. The van der Waals surface area contributed by atoms with Crippen LogP contribution in [-0.2, 0) is 17.1 Å². The molecule has 0 bridgehead atoms. The molecule has 0 radical (unpaired) electrons. The van der Waals surface area contributed by atoms with E-state index < -0.39 is 21.6 Å². The molecule has 13 heteroatoms. The van der Waals surface area contributed by atoms with Crippen molar-refractivity contribution in [3.63, 3.8) is 0 Å². The van der Waals surface area contributed by atoms with E-state index in [0.29, 0.717) is 39.0 Å². The molecule has 0 aliphatic rings. The molecule has 5 aromatic rings. The van der Waals surface area contributed by atoms with Gasteiger partial charge in [-0.3, -0.25) is 9.48 Å². The summed E-state index contributed by atoms with van der Waals surface area (Å²) < 4.78 is 42.3. The second-order valence-corrected chi connectivity index (χ2v) is 12.9. The summed E-state index contributed by atoms with van der Waals surface area (Å²) in [4.78, 5) is 18.1. The summed E-state index contributed by atoms with van der Waals surface area (Å²) in [5.41, 5.74) is 2.40. The van der Waals surface area contributed by atoms with Crippen molar-refractivity contribution in [2.75, 3.05) is 5.32 Å². The largest absolute Gasteiger partial charge is 0.455 e. The van der Waals surface area contributed by atoms with Gasteiger partial charge < -0.3 is 14.3 Å². The van der Waals surface area contributed by atoms with Crippen LogP contribution in [0.1, 0.15) is 44.9 Å². The summed E-state index contributed by atoms with van der Waals surface area (Å²) in [5.74, 6) is 0.307. The lowest BCUT2D eigenvalue weighted by atomic mass is 9.97. The fraction of sp³-hybridized carbons (Fsp3) is 0.286. The van der Waals surface area contributed by atoms with Crippen molar-refractivity contribution in [3.8, 4) is 22.5 Å². The number of sulfonamides is 1. The minimum absolute atomic E-state index is 0.0341. The van der Waals surface area contributed by atoms with E-state index in [1.165, 1.54) is 18.5 Å². The van der Waals surface area contributed by atoms with Gasteiger partial charge in [-0.1, -0.05) is 22.8 Å². The van der Waals surface area contributed by atoms with Crippen LogP contribution in [0.4, 0.5) is 5.69 Å². The lowest BCUT2D eigenvalue weighted by molar-refractivity contribution is 0.420. The molecule has 0 fully saturated rings. The molecule has 4 heterocycles. The first-order chi connectivity index (χ1) is 19.2. The Bertz CT molecular complexity index is 1920. The topological polar surface area (TPSA) is 145 Å². The van der Waals surface area contributed by atoms with E-state index >= 15 is 0 Å². The van der Waals surface area contributed by atoms with Crippen molar-refractivity contribution >= 4 is 38.3 Å². The highest BCUT2D eigenvalue weighted by atomic mass is 35.5. The van der Waals surface area contributed by atoms with E-state index in [-0.39, 0.29) is 21.3 Å². The average molecular weight is 597 g/mol. The van der Waals surface area contributed by atoms with E-state index in [1.807, 2.05) is 19.9 Å². The molecule has 0 saturated carbocycles. The quantitative estimate of drug-likeness (QED) is 0.234. The van der Waals surface area contributed by atoms with Crippen LogP contribution in [0.15, 0.2) is 67.9 Å². The van der Waals surface area contributed by atoms with Gasteiger partial charge in [0.25, 0.3) is 10.0 Å². The smallest absolute Gasteiger partial charge is 0.260 e. The Morgan fingerprint density at radius 2 is 1.88 bits per heavy atom. The monoisotopic (exact) mass is 596 g/mol. The van der Waals surface area contributed by atoms with Gasteiger partial charge in [0.1, 0.15) is 22.8 Å². The van der Waals surface area contributed by atoms with E-state index in [4.69, 9.17) is 20.5 Å². The number of nitrogens with zero attached hydrogens (tertiary/aromatic N) is 4. The molecule has 1 aromatic carbocycles. The molecule has 0 aliphatic heterocycles. The van der Waals surface area contributed by atoms with Gasteiger partial charge in [-0.15, -0.1) is 0 Å². The molecule has 0 unspecified atom stereocenters. The van der Waals surface area contributed by atoms with Gasteiger partial charge in [-0.2, -0.15) is 5.10 Å². The predicted molar refractivity (Wildman–Crippen MR) is 156 cm³/mol. The molecule has 11 nitrogen and oxygen atoms in total. The van der Waals surface area contributed by atoms with Crippen molar-refractivity contribution in [3.05, 3.63) is 75.6 Å². The number of hydrogen-bond acceptors (Lipinski definition) is 9. The number of rotatable bonds is 7. The zero-order chi connectivity index (χ0) is 29.7. The molecule has 0 aliphatic carbocycles. The van der Waals surface area contributed by atoms with Crippen molar-refractivity contribution < 1.29 is 17.4 Å². The number of benzene rings is 1. The average Bonchev–Trinajstić information content (AvgIpc) is 3.55. The molecule has 0 saturated heterocycles. The summed E-state index contributed by atoms with van der Waals surface area (Å²) in [6.07, 6.45) is 6.20. The van der Waals surface area contributed by atoms with Gasteiger partial charge >= 0.3 is 0 Å². The standard InChI is InChI=1S/C28H29ClN6O5S/c1-15-9-19(16(2)32-21-7-8-22(29)33-27(21)41(37,38)34-28(3,4)5)26-20(10-15)24(36)23(18-12-31-39-14-18)25(40-26)17-11-30-35(6)13-17/h7-14,16,32,34H,1-6H3/t16-/m1/s1. The number of aryl methyl sites for hydroxylation is 2. The molecule has 0 amide bonds. The Hall–Kier alpha value is -4.00. The molecule has 214 valence electrons. The fourth-order valence-corrected chi connectivity index (χ4v) is 6.36. The SMILES string of the molecule is Cc1cc([C@@H](C)Nc2ccc(Cl)nc2S(=O)(=O)NC(C)(C)C)c2oc(-c3cnn(C)c3)c(-c3cnoc3)c(=O)c2c1. The number of pyridine rings is 1. The number of hydrogen-bond donors (Lipinski definition) is 2. The van der Waals surface area contributed by atoms with Crippen LogP contribution in [0.3, 0.4) is 0 Å². The Labute approximate surface area is 241 Å². The molecule has 5 rings (SSSR count). The highest BCUT2D eigenvalue weighted by Gasteiger charge is 2.28. The van der Waals surface area contributed by atoms with E-state index in [2.05, 4.69) is 25.3 Å². The predicted octanol–water partition coefficient (Wildman–Crippen LogP) is 5.46. The van der Waals surface area contributed by atoms with Crippen LogP contribution in [0.2, 0.25) is 5.15 Å². The van der Waals surface area contributed by atoms with E-state index in [1.54, 1.807) is 57.0 Å².